The zero-order chi connectivity index (χ0) is 17.4. The molecule has 0 aromatic heterocycles. The van der Waals surface area contributed by atoms with Gasteiger partial charge in [-0.2, -0.15) is 13.2 Å². The first-order chi connectivity index (χ1) is 10.5. The number of amides is 1. The Bertz CT molecular complexity index is 597. The van der Waals surface area contributed by atoms with Crippen LogP contribution in [0.4, 0.5) is 17.6 Å². The summed E-state index contributed by atoms with van der Waals surface area (Å²) < 4.78 is 52.4. The van der Waals surface area contributed by atoms with Crippen LogP contribution in [-0.4, -0.2) is 22.9 Å². The van der Waals surface area contributed by atoms with E-state index in [1.807, 2.05) is 20.8 Å². The van der Waals surface area contributed by atoms with E-state index in [4.69, 9.17) is 0 Å². The van der Waals surface area contributed by atoms with Crippen LogP contribution in [0.5, 0.6) is 0 Å². The van der Waals surface area contributed by atoms with Crippen molar-refractivity contribution in [3.63, 3.8) is 0 Å². The van der Waals surface area contributed by atoms with E-state index in [-0.39, 0.29) is 0 Å². The SMILES string of the molecule is CC(C)CC1(C)CCCN1C(=O)c1cc(C(F)(F)F)ccc1F. The van der Waals surface area contributed by atoms with Crippen LogP contribution in [0.2, 0.25) is 0 Å². The van der Waals surface area contributed by atoms with Gasteiger partial charge in [-0.25, -0.2) is 4.39 Å². The summed E-state index contributed by atoms with van der Waals surface area (Å²) in [6.45, 7) is 6.41. The van der Waals surface area contributed by atoms with Gasteiger partial charge < -0.3 is 4.90 Å². The maximum atomic E-state index is 14.0. The number of carbonyl (C=O) groups is 1. The van der Waals surface area contributed by atoms with E-state index < -0.39 is 34.6 Å². The highest BCUT2D eigenvalue weighted by atomic mass is 19.4. The van der Waals surface area contributed by atoms with Gasteiger partial charge in [0.15, 0.2) is 0 Å². The van der Waals surface area contributed by atoms with Crippen molar-refractivity contribution in [2.75, 3.05) is 6.54 Å². The average Bonchev–Trinajstić information content (AvgIpc) is 2.77. The lowest BCUT2D eigenvalue weighted by molar-refractivity contribution is -0.137. The lowest BCUT2D eigenvalue weighted by Crippen LogP contribution is -2.46. The molecular formula is C17H21F4NO. The third kappa shape index (κ3) is 3.67. The minimum absolute atomic E-state index is 0.333. The third-order valence-electron chi connectivity index (χ3n) is 4.37. The molecule has 0 radical (unpaired) electrons. The highest BCUT2D eigenvalue weighted by Gasteiger charge is 2.41. The lowest BCUT2D eigenvalue weighted by Gasteiger charge is -2.37. The van der Waals surface area contributed by atoms with E-state index in [1.165, 1.54) is 4.90 Å². The zero-order valence-corrected chi connectivity index (χ0v) is 13.5. The highest BCUT2D eigenvalue weighted by molar-refractivity contribution is 5.95. The van der Waals surface area contributed by atoms with E-state index >= 15 is 0 Å². The summed E-state index contributed by atoms with van der Waals surface area (Å²) in [6.07, 6.45) is -2.32. The fourth-order valence-corrected chi connectivity index (χ4v) is 3.47. The fourth-order valence-electron chi connectivity index (χ4n) is 3.47. The largest absolute Gasteiger partial charge is 0.416 e. The summed E-state index contributed by atoms with van der Waals surface area (Å²) in [7, 11) is 0. The van der Waals surface area contributed by atoms with Crippen LogP contribution in [0.25, 0.3) is 0 Å². The number of alkyl halides is 3. The van der Waals surface area contributed by atoms with E-state index in [9.17, 15) is 22.4 Å². The summed E-state index contributed by atoms with van der Waals surface area (Å²) in [5, 5.41) is 0. The summed E-state index contributed by atoms with van der Waals surface area (Å²) in [6, 6.07) is 1.99. The topological polar surface area (TPSA) is 20.3 Å². The Labute approximate surface area is 133 Å². The number of halogens is 4. The molecule has 128 valence electrons. The molecule has 1 fully saturated rings. The van der Waals surface area contributed by atoms with Gasteiger partial charge in [0, 0.05) is 12.1 Å². The van der Waals surface area contributed by atoms with Crippen molar-refractivity contribution >= 4 is 5.91 Å². The molecule has 0 saturated carbocycles. The number of rotatable bonds is 3. The Morgan fingerprint density at radius 3 is 2.57 bits per heavy atom. The maximum absolute atomic E-state index is 14.0. The van der Waals surface area contributed by atoms with Gasteiger partial charge in [0.05, 0.1) is 11.1 Å². The Morgan fingerprint density at radius 2 is 2.00 bits per heavy atom. The fraction of sp³-hybridized carbons (Fsp3) is 0.588. The van der Waals surface area contributed by atoms with E-state index in [0.29, 0.717) is 30.7 Å². The van der Waals surface area contributed by atoms with Gasteiger partial charge in [-0.05, 0) is 50.3 Å². The number of benzene rings is 1. The molecule has 0 N–H and O–H groups in total. The molecule has 1 saturated heterocycles. The zero-order valence-electron chi connectivity index (χ0n) is 13.5. The van der Waals surface area contributed by atoms with E-state index in [2.05, 4.69) is 0 Å². The summed E-state index contributed by atoms with van der Waals surface area (Å²) in [4.78, 5) is 14.2. The number of hydrogen-bond acceptors (Lipinski definition) is 1. The summed E-state index contributed by atoms with van der Waals surface area (Å²) in [5.74, 6) is -1.24. The molecule has 23 heavy (non-hydrogen) atoms. The van der Waals surface area contributed by atoms with Crippen molar-refractivity contribution in [3.05, 3.63) is 35.1 Å². The predicted octanol–water partition coefficient (Wildman–Crippen LogP) is 4.89. The van der Waals surface area contributed by atoms with Crippen molar-refractivity contribution in [2.24, 2.45) is 5.92 Å². The van der Waals surface area contributed by atoms with Crippen LogP contribution in [-0.2, 0) is 6.18 Å². The van der Waals surface area contributed by atoms with Crippen LogP contribution >= 0.6 is 0 Å². The van der Waals surface area contributed by atoms with Crippen molar-refractivity contribution < 1.29 is 22.4 Å². The second-order valence-electron chi connectivity index (χ2n) is 6.85. The molecule has 2 rings (SSSR count). The molecule has 6 heteroatoms. The highest BCUT2D eigenvalue weighted by Crippen LogP contribution is 2.37. The van der Waals surface area contributed by atoms with Crippen LogP contribution < -0.4 is 0 Å². The number of likely N-dealkylation sites (tertiary alicyclic amines) is 1. The number of nitrogens with zero attached hydrogens (tertiary/aromatic N) is 1. The molecule has 1 unspecified atom stereocenters. The lowest BCUT2D eigenvalue weighted by atomic mass is 9.88. The van der Waals surface area contributed by atoms with Crippen LogP contribution in [0.1, 0.15) is 56.0 Å². The third-order valence-corrected chi connectivity index (χ3v) is 4.37. The van der Waals surface area contributed by atoms with Crippen molar-refractivity contribution in [1.82, 2.24) is 4.90 Å². The number of hydrogen-bond donors (Lipinski definition) is 0. The second-order valence-corrected chi connectivity index (χ2v) is 6.85. The standard InChI is InChI=1S/C17H21F4NO/c1-11(2)10-16(3)7-4-8-22(16)15(23)13-9-12(17(19,20)21)5-6-14(13)18/h5-6,9,11H,4,7-8,10H2,1-3H3. The van der Waals surface area contributed by atoms with Crippen molar-refractivity contribution in [3.8, 4) is 0 Å². The van der Waals surface area contributed by atoms with Crippen LogP contribution in [0, 0.1) is 11.7 Å². The average molecular weight is 331 g/mol. The van der Waals surface area contributed by atoms with E-state index in [1.54, 1.807) is 0 Å². The molecule has 0 bridgehead atoms. The summed E-state index contributed by atoms with van der Waals surface area (Å²) >= 11 is 0. The quantitative estimate of drug-likeness (QED) is 0.723. The molecule has 0 aliphatic carbocycles. The molecule has 1 amide bonds. The van der Waals surface area contributed by atoms with Crippen LogP contribution in [0.3, 0.4) is 0 Å². The molecular weight excluding hydrogens is 310 g/mol. The predicted molar refractivity (Wildman–Crippen MR) is 79.5 cm³/mol. The monoisotopic (exact) mass is 331 g/mol. The first-order valence-electron chi connectivity index (χ1n) is 7.73. The molecule has 1 aromatic rings. The summed E-state index contributed by atoms with van der Waals surface area (Å²) in [5.41, 5.74) is -1.95. The molecule has 0 spiro atoms. The minimum Gasteiger partial charge on any atom is -0.333 e. The van der Waals surface area contributed by atoms with Crippen molar-refractivity contribution in [2.45, 2.75) is 51.7 Å². The first-order valence-corrected chi connectivity index (χ1v) is 7.73. The van der Waals surface area contributed by atoms with Gasteiger partial charge in [-0.15, -0.1) is 0 Å². The first kappa shape index (κ1) is 17.8. The van der Waals surface area contributed by atoms with E-state index in [0.717, 1.165) is 19.3 Å². The van der Waals surface area contributed by atoms with Crippen LogP contribution in [0.15, 0.2) is 18.2 Å². The Kier molecular flexibility index (Phi) is 4.74. The van der Waals surface area contributed by atoms with Gasteiger partial charge in [0.2, 0.25) is 0 Å². The Balaban J connectivity index is 2.36. The Hall–Kier alpha value is -1.59. The molecule has 1 aromatic carbocycles. The molecule has 1 aliphatic heterocycles. The minimum atomic E-state index is -4.60. The number of carbonyl (C=O) groups excluding carboxylic acids is 1. The molecule has 1 aliphatic rings. The van der Waals surface area contributed by atoms with Gasteiger partial charge in [0.25, 0.3) is 5.91 Å². The normalized spacial score (nSPS) is 22.0. The Morgan fingerprint density at radius 1 is 1.35 bits per heavy atom. The van der Waals surface area contributed by atoms with Crippen molar-refractivity contribution in [1.29, 1.82) is 0 Å². The van der Waals surface area contributed by atoms with Gasteiger partial charge >= 0.3 is 6.18 Å². The maximum Gasteiger partial charge on any atom is 0.416 e. The van der Waals surface area contributed by atoms with Gasteiger partial charge in [-0.3, -0.25) is 4.79 Å². The second kappa shape index (κ2) is 6.13. The smallest absolute Gasteiger partial charge is 0.333 e. The molecule has 1 heterocycles. The molecule has 2 nitrogen and oxygen atoms in total. The molecule has 1 atom stereocenters. The van der Waals surface area contributed by atoms with Gasteiger partial charge in [-0.1, -0.05) is 13.8 Å². The van der Waals surface area contributed by atoms with Gasteiger partial charge in [0.1, 0.15) is 5.82 Å².